The van der Waals surface area contributed by atoms with Crippen LogP contribution < -0.4 is 10.1 Å². The van der Waals surface area contributed by atoms with Crippen LogP contribution in [0.5, 0.6) is 11.5 Å². The quantitative estimate of drug-likeness (QED) is 0.222. The fourth-order valence-corrected chi connectivity index (χ4v) is 6.35. The molecule has 1 aromatic heterocycles. The standard InChI is InChI=1S/C27H25Cl2NO5S2/c1-27(2,37(32,33)11-10-34-3)18-4-9-24-17(12-18)13-25(36-24)26(31)30-21-14-20(29)15-23(16-21)35-22-7-5-19(28)6-8-22/h4-9,12-16H,10-11H2,1-3H3,(H,30,31). The molecule has 0 saturated heterocycles. The van der Waals surface area contributed by atoms with E-state index in [-0.39, 0.29) is 18.3 Å². The van der Waals surface area contributed by atoms with Crippen molar-refractivity contribution in [2.45, 2.75) is 18.6 Å². The summed E-state index contributed by atoms with van der Waals surface area (Å²) in [6, 6.07) is 19.1. The maximum absolute atomic E-state index is 13.1. The van der Waals surface area contributed by atoms with Crippen molar-refractivity contribution < 1.29 is 22.7 Å². The van der Waals surface area contributed by atoms with Gasteiger partial charge in [-0.2, -0.15) is 0 Å². The van der Waals surface area contributed by atoms with Crippen molar-refractivity contribution in [1.29, 1.82) is 0 Å². The summed E-state index contributed by atoms with van der Waals surface area (Å²) < 4.78 is 36.3. The number of amides is 1. The molecule has 1 amide bonds. The molecule has 6 nitrogen and oxygen atoms in total. The Labute approximate surface area is 230 Å². The molecule has 0 saturated carbocycles. The van der Waals surface area contributed by atoms with E-state index in [1.807, 2.05) is 12.1 Å². The lowest BCUT2D eigenvalue weighted by Gasteiger charge is -2.25. The van der Waals surface area contributed by atoms with Crippen LogP contribution >= 0.6 is 34.5 Å². The molecule has 1 N–H and O–H groups in total. The molecule has 1 heterocycles. The van der Waals surface area contributed by atoms with Gasteiger partial charge in [-0.1, -0.05) is 29.3 Å². The molecule has 3 aromatic carbocycles. The predicted molar refractivity (Wildman–Crippen MR) is 151 cm³/mol. The lowest BCUT2D eigenvalue weighted by molar-refractivity contribution is 0.103. The van der Waals surface area contributed by atoms with Crippen LogP contribution in [0.3, 0.4) is 0 Å². The Morgan fingerprint density at radius 1 is 0.946 bits per heavy atom. The maximum atomic E-state index is 13.1. The van der Waals surface area contributed by atoms with E-state index < -0.39 is 14.6 Å². The monoisotopic (exact) mass is 577 g/mol. The van der Waals surface area contributed by atoms with E-state index in [2.05, 4.69) is 5.32 Å². The molecule has 37 heavy (non-hydrogen) atoms. The normalized spacial score (nSPS) is 12.0. The number of halogens is 2. The fourth-order valence-electron chi connectivity index (χ4n) is 3.68. The zero-order valence-corrected chi connectivity index (χ0v) is 23.5. The lowest BCUT2D eigenvalue weighted by Crippen LogP contribution is -2.32. The van der Waals surface area contributed by atoms with Crippen molar-refractivity contribution in [2.24, 2.45) is 0 Å². The largest absolute Gasteiger partial charge is 0.457 e. The molecule has 0 bridgehead atoms. The van der Waals surface area contributed by atoms with Gasteiger partial charge < -0.3 is 14.8 Å². The number of fused-ring (bicyclic) bond motifs is 1. The first-order chi connectivity index (χ1) is 17.5. The number of anilines is 1. The summed E-state index contributed by atoms with van der Waals surface area (Å²) in [5, 5.41) is 4.65. The van der Waals surface area contributed by atoms with Gasteiger partial charge in [-0.05, 0) is 79.4 Å². The Bertz CT molecular complexity index is 1550. The van der Waals surface area contributed by atoms with Gasteiger partial charge in [0.1, 0.15) is 11.5 Å². The minimum Gasteiger partial charge on any atom is -0.457 e. The van der Waals surface area contributed by atoms with Crippen LogP contribution in [0.1, 0.15) is 29.1 Å². The molecular weight excluding hydrogens is 553 g/mol. The molecule has 0 unspecified atom stereocenters. The van der Waals surface area contributed by atoms with E-state index in [9.17, 15) is 13.2 Å². The average molecular weight is 579 g/mol. The highest BCUT2D eigenvalue weighted by Crippen LogP contribution is 2.35. The number of thiophene rings is 1. The van der Waals surface area contributed by atoms with Gasteiger partial charge in [-0.25, -0.2) is 8.42 Å². The highest BCUT2D eigenvalue weighted by Gasteiger charge is 2.35. The summed E-state index contributed by atoms with van der Waals surface area (Å²) in [5.74, 6) is 0.656. The first-order valence-electron chi connectivity index (χ1n) is 11.3. The number of benzene rings is 3. The van der Waals surface area contributed by atoms with Crippen LogP contribution in [-0.2, 0) is 19.3 Å². The van der Waals surface area contributed by atoms with Crippen molar-refractivity contribution in [2.75, 3.05) is 24.8 Å². The van der Waals surface area contributed by atoms with Gasteiger partial charge in [0.05, 0.1) is 22.0 Å². The van der Waals surface area contributed by atoms with Gasteiger partial charge in [-0.15, -0.1) is 11.3 Å². The number of sulfone groups is 1. The molecule has 0 aliphatic heterocycles. The van der Waals surface area contributed by atoms with Crippen molar-refractivity contribution in [1.82, 2.24) is 0 Å². The number of carbonyl (C=O) groups excluding carboxylic acids is 1. The number of methoxy groups -OCH3 is 1. The summed E-state index contributed by atoms with van der Waals surface area (Å²) in [6.45, 7) is 3.50. The smallest absolute Gasteiger partial charge is 0.265 e. The van der Waals surface area contributed by atoms with Crippen LogP contribution in [0.2, 0.25) is 10.0 Å². The van der Waals surface area contributed by atoms with Gasteiger partial charge in [0.2, 0.25) is 0 Å². The second-order valence-corrected chi connectivity index (χ2v) is 13.5. The Kier molecular flexibility index (Phi) is 8.16. The molecule has 4 rings (SSSR count). The molecule has 0 aliphatic carbocycles. The van der Waals surface area contributed by atoms with E-state index in [1.165, 1.54) is 18.4 Å². The van der Waals surface area contributed by atoms with Gasteiger partial charge >= 0.3 is 0 Å². The van der Waals surface area contributed by atoms with Crippen LogP contribution in [-0.4, -0.2) is 33.8 Å². The SMILES string of the molecule is COCCS(=O)(=O)C(C)(C)c1ccc2sc(C(=O)Nc3cc(Cl)cc(Oc4ccc(Cl)cc4)c3)cc2c1. The molecule has 10 heteroatoms. The van der Waals surface area contributed by atoms with E-state index >= 15 is 0 Å². The van der Waals surface area contributed by atoms with Gasteiger partial charge in [-0.3, -0.25) is 4.79 Å². The molecule has 0 fully saturated rings. The van der Waals surface area contributed by atoms with E-state index in [4.69, 9.17) is 32.7 Å². The van der Waals surface area contributed by atoms with Crippen molar-refractivity contribution in [3.05, 3.63) is 87.2 Å². The Hall–Kier alpha value is -2.62. The number of hydrogen-bond acceptors (Lipinski definition) is 6. The Morgan fingerprint density at radius 2 is 1.68 bits per heavy atom. The third kappa shape index (κ3) is 6.27. The summed E-state index contributed by atoms with van der Waals surface area (Å²) in [6.07, 6.45) is 0. The molecular formula is C27H25Cl2NO5S2. The lowest BCUT2D eigenvalue weighted by atomic mass is 10.0. The molecule has 0 aliphatic rings. The molecule has 194 valence electrons. The third-order valence-corrected chi connectivity index (χ3v) is 10.0. The van der Waals surface area contributed by atoms with Gasteiger partial charge in [0, 0.05) is 33.6 Å². The Balaban J connectivity index is 1.55. The average Bonchev–Trinajstić information content (AvgIpc) is 3.27. The highest BCUT2D eigenvalue weighted by molar-refractivity contribution is 7.92. The first kappa shape index (κ1) is 27.4. The molecule has 4 aromatic rings. The van der Waals surface area contributed by atoms with E-state index in [0.717, 1.165) is 10.1 Å². The minimum absolute atomic E-state index is 0.0742. The number of ether oxygens (including phenoxy) is 2. The zero-order valence-electron chi connectivity index (χ0n) is 20.4. The summed E-state index contributed by atoms with van der Waals surface area (Å²) in [5.41, 5.74) is 1.13. The zero-order chi connectivity index (χ0) is 26.8. The van der Waals surface area contributed by atoms with Crippen molar-refractivity contribution in [3.8, 4) is 11.5 Å². The fraction of sp³-hybridized carbons (Fsp3) is 0.222. The molecule has 0 spiro atoms. The number of hydrogen-bond donors (Lipinski definition) is 1. The van der Waals surface area contributed by atoms with Crippen LogP contribution in [0, 0.1) is 0 Å². The minimum atomic E-state index is -3.46. The number of rotatable bonds is 9. The van der Waals surface area contributed by atoms with E-state index in [1.54, 1.807) is 68.4 Å². The number of carbonyl (C=O) groups is 1. The second-order valence-electron chi connectivity index (χ2n) is 8.87. The van der Waals surface area contributed by atoms with Crippen LogP contribution in [0.15, 0.2) is 66.7 Å². The first-order valence-corrected chi connectivity index (χ1v) is 14.5. The van der Waals surface area contributed by atoms with Crippen molar-refractivity contribution in [3.63, 3.8) is 0 Å². The maximum Gasteiger partial charge on any atom is 0.265 e. The van der Waals surface area contributed by atoms with Gasteiger partial charge in [0.25, 0.3) is 5.91 Å². The predicted octanol–water partition coefficient (Wildman–Crippen LogP) is 7.55. The van der Waals surface area contributed by atoms with Crippen LogP contribution in [0.4, 0.5) is 5.69 Å². The second kappa shape index (κ2) is 11.0. The van der Waals surface area contributed by atoms with Crippen LogP contribution in [0.25, 0.3) is 10.1 Å². The van der Waals surface area contributed by atoms with E-state index in [0.29, 0.717) is 37.7 Å². The summed E-state index contributed by atoms with van der Waals surface area (Å²) in [4.78, 5) is 13.5. The topological polar surface area (TPSA) is 81.7 Å². The van der Waals surface area contributed by atoms with Gasteiger partial charge in [0.15, 0.2) is 9.84 Å². The van der Waals surface area contributed by atoms with Crippen molar-refractivity contribution >= 4 is 66.1 Å². The molecule has 0 radical (unpaired) electrons. The number of nitrogens with one attached hydrogen (secondary N) is 1. The Morgan fingerprint density at radius 3 is 2.38 bits per heavy atom. The summed E-state index contributed by atoms with van der Waals surface area (Å²) >= 11 is 13.5. The molecule has 0 atom stereocenters. The summed E-state index contributed by atoms with van der Waals surface area (Å²) in [7, 11) is -1.98. The highest BCUT2D eigenvalue weighted by atomic mass is 35.5. The third-order valence-electron chi connectivity index (χ3n) is 5.95.